The van der Waals surface area contributed by atoms with Crippen LogP contribution in [0.2, 0.25) is 0 Å². The van der Waals surface area contributed by atoms with Gasteiger partial charge in [-0.3, -0.25) is 4.79 Å². The first kappa shape index (κ1) is 17.3. The number of aryl methyl sites for hydroxylation is 1. The summed E-state index contributed by atoms with van der Waals surface area (Å²) in [6.45, 7) is 1.96. The van der Waals surface area contributed by atoms with Gasteiger partial charge in [-0.15, -0.1) is 0 Å². The average molecular weight is 423 g/mol. The van der Waals surface area contributed by atoms with E-state index in [-0.39, 0.29) is 5.91 Å². The minimum absolute atomic E-state index is 0.195. The van der Waals surface area contributed by atoms with Crippen LogP contribution in [0.5, 0.6) is 11.5 Å². The lowest BCUT2D eigenvalue weighted by Crippen LogP contribution is -2.09. The molecule has 0 aromatic heterocycles. The zero-order valence-corrected chi connectivity index (χ0v) is 15.4. The maximum absolute atomic E-state index is 12.1. The standard InChI is InChI=1S/C18H18INO3/c1-12-10-14(19)5-7-16(12)20-18(21)9-4-13-11-15(22-2)6-8-17(13)23-3/h4-11H,1-3H3,(H,20,21)/b9-4+. The predicted molar refractivity (Wildman–Crippen MR) is 101 cm³/mol. The van der Waals surface area contributed by atoms with Crippen molar-refractivity contribution in [3.8, 4) is 11.5 Å². The molecule has 0 unspecified atom stereocenters. The van der Waals surface area contributed by atoms with E-state index in [1.165, 1.54) is 6.08 Å². The summed E-state index contributed by atoms with van der Waals surface area (Å²) in [7, 11) is 3.19. The maximum atomic E-state index is 12.1. The van der Waals surface area contributed by atoms with Gasteiger partial charge in [-0.25, -0.2) is 0 Å². The molecular weight excluding hydrogens is 405 g/mol. The van der Waals surface area contributed by atoms with Gasteiger partial charge in [0.25, 0.3) is 0 Å². The van der Waals surface area contributed by atoms with Crippen molar-refractivity contribution in [1.82, 2.24) is 0 Å². The van der Waals surface area contributed by atoms with Crippen LogP contribution in [0.4, 0.5) is 5.69 Å². The van der Waals surface area contributed by atoms with Crippen LogP contribution in [-0.2, 0) is 4.79 Å². The Balaban J connectivity index is 2.14. The fourth-order valence-electron chi connectivity index (χ4n) is 2.08. The number of hydrogen-bond donors (Lipinski definition) is 1. The number of carbonyl (C=O) groups is 1. The zero-order chi connectivity index (χ0) is 16.8. The van der Waals surface area contributed by atoms with Crippen LogP contribution >= 0.6 is 22.6 Å². The molecule has 0 fully saturated rings. The number of benzene rings is 2. The molecule has 2 rings (SSSR count). The Hall–Kier alpha value is -2.02. The van der Waals surface area contributed by atoms with Gasteiger partial charge in [0.2, 0.25) is 5.91 Å². The van der Waals surface area contributed by atoms with Crippen molar-refractivity contribution >= 4 is 40.3 Å². The molecule has 1 N–H and O–H groups in total. The molecular formula is C18H18INO3. The summed E-state index contributed by atoms with van der Waals surface area (Å²) < 4.78 is 11.6. The zero-order valence-electron chi connectivity index (χ0n) is 13.2. The molecule has 2 aromatic carbocycles. The van der Waals surface area contributed by atoms with Crippen molar-refractivity contribution in [2.45, 2.75) is 6.92 Å². The van der Waals surface area contributed by atoms with Crippen LogP contribution in [0.3, 0.4) is 0 Å². The number of nitrogens with one attached hydrogen (secondary N) is 1. The highest BCUT2D eigenvalue weighted by Gasteiger charge is 2.05. The number of hydrogen-bond acceptors (Lipinski definition) is 3. The summed E-state index contributed by atoms with van der Waals surface area (Å²) in [5.74, 6) is 1.19. The Labute approximate surface area is 149 Å². The van der Waals surface area contributed by atoms with E-state index in [0.717, 1.165) is 20.4 Å². The molecule has 0 radical (unpaired) electrons. The molecule has 4 nitrogen and oxygen atoms in total. The van der Waals surface area contributed by atoms with E-state index in [9.17, 15) is 4.79 Å². The van der Waals surface area contributed by atoms with Crippen LogP contribution < -0.4 is 14.8 Å². The molecule has 0 saturated heterocycles. The van der Waals surface area contributed by atoms with Gasteiger partial charge in [0.1, 0.15) is 11.5 Å². The average Bonchev–Trinajstić information content (AvgIpc) is 2.55. The molecule has 5 heteroatoms. The van der Waals surface area contributed by atoms with E-state index in [2.05, 4.69) is 27.9 Å². The summed E-state index contributed by atoms with van der Waals surface area (Å²) in [4.78, 5) is 12.1. The molecule has 120 valence electrons. The Morgan fingerprint density at radius 2 is 1.91 bits per heavy atom. The van der Waals surface area contributed by atoms with Gasteiger partial charge in [0.05, 0.1) is 14.2 Å². The third-order valence-corrected chi connectivity index (χ3v) is 3.97. The number of halogens is 1. The van der Waals surface area contributed by atoms with Crippen molar-refractivity contribution < 1.29 is 14.3 Å². The smallest absolute Gasteiger partial charge is 0.248 e. The molecule has 0 atom stereocenters. The summed E-state index contributed by atoms with van der Waals surface area (Å²) in [6, 6.07) is 11.3. The highest BCUT2D eigenvalue weighted by molar-refractivity contribution is 14.1. The molecule has 2 aromatic rings. The molecule has 0 aliphatic heterocycles. The number of methoxy groups -OCH3 is 2. The fourth-order valence-corrected chi connectivity index (χ4v) is 2.72. The third-order valence-electron chi connectivity index (χ3n) is 3.30. The summed E-state index contributed by atoms with van der Waals surface area (Å²) in [5.41, 5.74) is 2.61. The van der Waals surface area contributed by atoms with E-state index in [4.69, 9.17) is 9.47 Å². The molecule has 0 saturated carbocycles. The van der Waals surface area contributed by atoms with E-state index < -0.39 is 0 Å². The highest BCUT2D eigenvalue weighted by atomic mass is 127. The monoisotopic (exact) mass is 423 g/mol. The second kappa shape index (κ2) is 8.01. The number of ether oxygens (including phenoxy) is 2. The van der Waals surface area contributed by atoms with Crippen LogP contribution in [0, 0.1) is 10.5 Å². The van der Waals surface area contributed by atoms with Crippen molar-refractivity contribution in [3.63, 3.8) is 0 Å². The lowest BCUT2D eigenvalue weighted by atomic mass is 10.1. The second-order valence-corrected chi connectivity index (χ2v) is 6.14. The van der Waals surface area contributed by atoms with Gasteiger partial charge >= 0.3 is 0 Å². The maximum Gasteiger partial charge on any atom is 0.248 e. The summed E-state index contributed by atoms with van der Waals surface area (Å²) >= 11 is 2.24. The number of amides is 1. The van der Waals surface area contributed by atoms with E-state index in [1.807, 2.05) is 37.3 Å². The van der Waals surface area contributed by atoms with Gasteiger partial charge in [-0.05, 0) is 77.6 Å². The van der Waals surface area contributed by atoms with Gasteiger partial charge in [0.15, 0.2) is 0 Å². The molecule has 23 heavy (non-hydrogen) atoms. The molecule has 0 aliphatic rings. The van der Waals surface area contributed by atoms with Gasteiger partial charge in [0, 0.05) is 20.9 Å². The largest absolute Gasteiger partial charge is 0.497 e. The first-order valence-corrected chi connectivity index (χ1v) is 8.08. The minimum atomic E-state index is -0.195. The number of anilines is 1. The molecule has 1 amide bonds. The van der Waals surface area contributed by atoms with Crippen LogP contribution in [0.15, 0.2) is 42.5 Å². The van der Waals surface area contributed by atoms with E-state index in [0.29, 0.717) is 11.5 Å². The van der Waals surface area contributed by atoms with Crippen molar-refractivity contribution in [1.29, 1.82) is 0 Å². The normalized spacial score (nSPS) is 10.6. The molecule has 0 bridgehead atoms. The van der Waals surface area contributed by atoms with Crippen molar-refractivity contribution in [3.05, 3.63) is 57.2 Å². The van der Waals surface area contributed by atoms with E-state index in [1.54, 1.807) is 26.4 Å². The summed E-state index contributed by atoms with van der Waals surface area (Å²) in [5, 5.41) is 2.87. The fraction of sp³-hybridized carbons (Fsp3) is 0.167. The Morgan fingerprint density at radius 3 is 2.57 bits per heavy atom. The van der Waals surface area contributed by atoms with Gasteiger partial charge < -0.3 is 14.8 Å². The first-order chi connectivity index (χ1) is 11.0. The Morgan fingerprint density at radius 1 is 1.13 bits per heavy atom. The summed E-state index contributed by atoms with van der Waals surface area (Å²) in [6.07, 6.45) is 3.19. The molecule has 0 spiro atoms. The molecule has 0 heterocycles. The van der Waals surface area contributed by atoms with E-state index >= 15 is 0 Å². The van der Waals surface area contributed by atoms with Gasteiger partial charge in [-0.1, -0.05) is 0 Å². The second-order valence-electron chi connectivity index (χ2n) is 4.89. The quantitative estimate of drug-likeness (QED) is 0.578. The first-order valence-electron chi connectivity index (χ1n) is 7.00. The third kappa shape index (κ3) is 4.72. The Kier molecular flexibility index (Phi) is 6.04. The van der Waals surface area contributed by atoms with Gasteiger partial charge in [-0.2, -0.15) is 0 Å². The Bertz CT molecular complexity index is 741. The lowest BCUT2D eigenvalue weighted by Gasteiger charge is -2.08. The van der Waals surface area contributed by atoms with Crippen LogP contribution in [-0.4, -0.2) is 20.1 Å². The highest BCUT2D eigenvalue weighted by Crippen LogP contribution is 2.25. The van der Waals surface area contributed by atoms with Crippen molar-refractivity contribution in [2.75, 3.05) is 19.5 Å². The molecule has 0 aliphatic carbocycles. The van der Waals surface area contributed by atoms with Crippen LogP contribution in [0.1, 0.15) is 11.1 Å². The number of carbonyl (C=O) groups excluding carboxylic acids is 1. The SMILES string of the molecule is COc1ccc(OC)c(/C=C/C(=O)Nc2ccc(I)cc2C)c1. The topological polar surface area (TPSA) is 47.6 Å². The van der Waals surface area contributed by atoms with Crippen molar-refractivity contribution in [2.24, 2.45) is 0 Å². The number of rotatable bonds is 5. The predicted octanol–water partition coefficient (Wildman–Crippen LogP) is 4.27. The minimum Gasteiger partial charge on any atom is -0.497 e. The lowest BCUT2D eigenvalue weighted by molar-refractivity contribution is -0.111. The van der Waals surface area contributed by atoms with Crippen LogP contribution in [0.25, 0.3) is 6.08 Å².